The number of para-hydroxylation sites is 2. The van der Waals surface area contributed by atoms with Crippen LogP contribution in [0.3, 0.4) is 0 Å². The Hall–Kier alpha value is -4.62. The first-order valence-electron chi connectivity index (χ1n) is 16.8. The number of hydrogen-bond donors (Lipinski definition) is 0. The van der Waals surface area contributed by atoms with Gasteiger partial charge in [0.15, 0.2) is 5.82 Å². The molecular weight excluding hydrogens is 587 g/mol. The first-order valence-corrected chi connectivity index (χ1v) is 16.8. The summed E-state index contributed by atoms with van der Waals surface area (Å²) in [6.45, 7) is 6.43. The fourth-order valence-electron chi connectivity index (χ4n) is 7.78. The highest BCUT2D eigenvalue weighted by Gasteiger charge is 2.52. The van der Waals surface area contributed by atoms with Gasteiger partial charge in [0.2, 0.25) is 11.7 Å². The molecule has 2 aliphatic heterocycles. The van der Waals surface area contributed by atoms with Crippen LogP contribution in [0.2, 0.25) is 0 Å². The van der Waals surface area contributed by atoms with E-state index in [1.807, 2.05) is 70.1 Å². The average Bonchev–Trinajstić information content (AvgIpc) is 3.59. The van der Waals surface area contributed by atoms with Crippen LogP contribution in [0.4, 0.5) is 4.39 Å². The molecule has 1 aromatic heterocycles. The molecule has 0 aliphatic carbocycles. The SMILES string of the molecule is CC1CN(Cc2ccccc2)C(=O)C1(CCN1CCC(C(=O)c2nc3ccccc3n2Cc2ccc(F)cc2)CC1)c1ccccc1. The smallest absolute Gasteiger partial charge is 0.233 e. The number of piperidine rings is 1. The van der Waals surface area contributed by atoms with Crippen LogP contribution < -0.4 is 0 Å². The number of rotatable bonds is 10. The van der Waals surface area contributed by atoms with Crippen molar-refractivity contribution in [3.05, 3.63) is 138 Å². The van der Waals surface area contributed by atoms with E-state index in [0.717, 1.165) is 73.2 Å². The molecule has 0 saturated carbocycles. The van der Waals surface area contributed by atoms with E-state index in [0.29, 0.717) is 18.9 Å². The number of hydrogen-bond acceptors (Lipinski definition) is 4. The van der Waals surface area contributed by atoms with Gasteiger partial charge in [0.05, 0.1) is 16.4 Å². The van der Waals surface area contributed by atoms with E-state index in [4.69, 9.17) is 4.98 Å². The summed E-state index contributed by atoms with van der Waals surface area (Å²) in [5.74, 6) is 0.532. The van der Waals surface area contributed by atoms with Crippen molar-refractivity contribution in [1.29, 1.82) is 0 Å². The Balaban J connectivity index is 1.05. The van der Waals surface area contributed by atoms with Crippen molar-refractivity contribution in [3.8, 4) is 0 Å². The van der Waals surface area contributed by atoms with Crippen LogP contribution in [0.5, 0.6) is 0 Å². The third kappa shape index (κ3) is 6.12. The number of nitrogens with zero attached hydrogens (tertiary/aromatic N) is 4. The van der Waals surface area contributed by atoms with Crippen LogP contribution >= 0.6 is 0 Å². The monoisotopic (exact) mass is 628 g/mol. The molecule has 4 aromatic carbocycles. The highest BCUT2D eigenvalue weighted by molar-refractivity contribution is 5.98. The van der Waals surface area contributed by atoms with E-state index in [1.54, 1.807) is 12.1 Å². The Labute approximate surface area is 275 Å². The summed E-state index contributed by atoms with van der Waals surface area (Å²) < 4.78 is 15.6. The standard InChI is InChI=1S/C40H41FN4O2/c1-29-26-44(27-30-10-4-2-5-11-30)39(47)40(29,33-12-6-3-7-13-33)22-25-43-23-20-32(21-24-43)37(46)38-42-35-14-8-9-15-36(35)45(38)28-31-16-18-34(41)19-17-31/h2-19,29,32H,20-28H2,1H3. The van der Waals surface area contributed by atoms with Gasteiger partial charge in [0, 0.05) is 25.6 Å². The molecule has 5 aromatic rings. The lowest BCUT2D eigenvalue weighted by molar-refractivity contribution is -0.133. The number of benzene rings is 4. The van der Waals surface area contributed by atoms with Gasteiger partial charge in [-0.25, -0.2) is 9.37 Å². The number of fused-ring (bicyclic) bond motifs is 1. The molecule has 0 N–H and O–H groups in total. The van der Waals surface area contributed by atoms with Crippen molar-refractivity contribution >= 4 is 22.7 Å². The molecule has 2 aliphatic rings. The van der Waals surface area contributed by atoms with Gasteiger partial charge < -0.3 is 14.4 Å². The molecule has 3 heterocycles. The molecule has 2 fully saturated rings. The lowest BCUT2D eigenvalue weighted by Crippen LogP contribution is -2.45. The van der Waals surface area contributed by atoms with E-state index in [2.05, 4.69) is 36.1 Å². The van der Waals surface area contributed by atoms with E-state index in [-0.39, 0.29) is 29.3 Å². The van der Waals surface area contributed by atoms with Gasteiger partial charge >= 0.3 is 0 Å². The second-order valence-corrected chi connectivity index (χ2v) is 13.3. The van der Waals surface area contributed by atoms with Crippen molar-refractivity contribution in [3.63, 3.8) is 0 Å². The Morgan fingerprint density at radius 3 is 2.19 bits per heavy atom. The molecule has 6 nitrogen and oxygen atoms in total. The molecule has 0 radical (unpaired) electrons. The van der Waals surface area contributed by atoms with Crippen molar-refractivity contribution in [1.82, 2.24) is 19.4 Å². The molecule has 2 atom stereocenters. The summed E-state index contributed by atoms with van der Waals surface area (Å²) in [6, 6.07) is 34.8. The zero-order chi connectivity index (χ0) is 32.4. The molecule has 1 amide bonds. The maximum atomic E-state index is 14.3. The van der Waals surface area contributed by atoms with E-state index in [1.165, 1.54) is 12.1 Å². The summed E-state index contributed by atoms with van der Waals surface area (Å²) in [5, 5.41) is 0. The molecule has 47 heavy (non-hydrogen) atoms. The van der Waals surface area contributed by atoms with Crippen molar-refractivity contribution < 1.29 is 14.0 Å². The topological polar surface area (TPSA) is 58.4 Å². The summed E-state index contributed by atoms with van der Waals surface area (Å²) in [4.78, 5) is 37.6. The number of carbonyl (C=O) groups excluding carboxylic acids is 2. The number of imidazole rings is 1. The fraction of sp³-hybridized carbons (Fsp3) is 0.325. The second kappa shape index (κ2) is 13.2. The predicted octanol–water partition coefficient (Wildman–Crippen LogP) is 7.13. The Kier molecular flexibility index (Phi) is 8.74. The van der Waals surface area contributed by atoms with Gasteiger partial charge in [-0.2, -0.15) is 0 Å². The van der Waals surface area contributed by atoms with Crippen LogP contribution in [0.1, 0.15) is 53.5 Å². The normalized spacial score (nSPS) is 20.7. The number of halogens is 1. The number of aromatic nitrogens is 2. The third-order valence-electron chi connectivity index (χ3n) is 10.4. The van der Waals surface area contributed by atoms with Crippen LogP contribution in [-0.4, -0.2) is 57.2 Å². The zero-order valence-corrected chi connectivity index (χ0v) is 26.9. The number of likely N-dealkylation sites (tertiary alicyclic amines) is 2. The van der Waals surface area contributed by atoms with Crippen LogP contribution in [0.15, 0.2) is 109 Å². The average molecular weight is 629 g/mol. The summed E-state index contributed by atoms with van der Waals surface area (Å²) in [7, 11) is 0. The number of ketones is 1. The minimum absolute atomic E-state index is 0.0693. The molecule has 0 bridgehead atoms. The molecule has 0 spiro atoms. The molecule has 2 saturated heterocycles. The number of Topliss-reactive ketones (excluding diaryl/α,β-unsaturated/α-hetero) is 1. The van der Waals surface area contributed by atoms with E-state index >= 15 is 0 Å². The van der Waals surface area contributed by atoms with Crippen LogP contribution in [-0.2, 0) is 23.3 Å². The maximum Gasteiger partial charge on any atom is 0.233 e. The highest BCUT2D eigenvalue weighted by atomic mass is 19.1. The maximum absolute atomic E-state index is 14.3. The molecule has 240 valence electrons. The number of amides is 1. The van der Waals surface area contributed by atoms with Crippen LogP contribution in [0, 0.1) is 17.7 Å². The Morgan fingerprint density at radius 2 is 1.47 bits per heavy atom. The fourth-order valence-corrected chi connectivity index (χ4v) is 7.78. The Morgan fingerprint density at radius 1 is 0.830 bits per heavy atom. The molecule has 7 rings (SSSR count). The quantitative estimate of drug-likeness (QED) is 0.155. The highest BCUT2D eigenvalue weighted by Crippen LogP contribution is 2.44. The summed E-state index contributed by atoms with van der Waals surface area (Å²) >= 11 is 0. The molecule has 2 unspecified atom stereocenters. The van der Waals surface area contributed by atoms with E-state index < -0.39 is 5.41 Å². The van der Waals surface area contributed by atoms with Gasteiger partial charge in [-0.05, 0) is 85.8 Å². The minimum atomic E-state index is -0.575. The molecular formula is C40H41FN4O2. The van der Waals surface area contributed by atoms with Gasteiger partial charge in [0.1, 0.15) is 5.82 Å². The van der Waals surface area contributed by atoms with Crippen molar-refractivity contribution in [2.45, 2.75) is 44.7 Å². The van der Waals surface area contributed by atoms with Crippen molar-refractivity contribution in [2.24, 2.45) is 11.8 Å². The Bertz CT molecular complexity index is 1850. The number of carbonyl (C=O) groups is 2. The minimum Gasteiger partial charge on any atom is -0.337 e. The third-order valence-corrected chi connectivity index (χ3v) is 10.4. The van der Waals surface area contributed by atoms with Gasteiger partial charge in [-0.3, -0.25) is 9.59 Å². The summed E-state index contributed by atoms with van der Waals surface area (Å²) in [6.07, 6.45) is 2.25. The zero-order valence-electron chi connectivity index (χ0n) is 26.9. The second-order valence-electron chi connectivity index (χ2n) is 13.3. The summed E-state index contributed by atoms with van der Waals surface area (Å²) in [5.41, 5.74) is 4.28. The lowest BCUT2D eigenvalue weighted by atomic mass is 9.70. The van der Waals surface area contributed by atoms with Gasteiger partial charge in [0.25, 0.3) is 0 Å². The first kappa shape index (κ1) is 31.0. The van der Waals surface area contributed by atoms with Crippen molar-refractivity contribution in [2.75, 3.05) is 26.2 Å². The first-order chi connectivity index (χ1) is 22.9. The predicted molar refractivity (Wildman–Crippen MR) is 182 cm³/mol. The lowest BCUT2D eigenvalue weighted by Gasteiger charge is -2.36. The van der Waals surface area contributed by atoms with Gasteiger partial charge in [-0.1, -0.05) is 91.9 Å². The van der Waals surface area contributed by atoms with Crippen LogP contribution in [0.25, 0.3) is 11.0 Å². The largest absolute Gasteiger partial charge is 0.337 e. The van der Waals surface area contributed by atoms with E-state index in [9.17, 15) is 14.0 Å². The molecule has 7 heteroatoms. The van der Waals surface area contributed by atoms with Gasteiger partial charge in [-0.15, -0.1) is 0 Å².